The fourth-order valence-corrected chi connectivity index (χ4v) is 2.19. The van der Waals surface area contributed by atoms with E-state index in [1.807, 2.05) is 31.2 Å². The second-order valence-corrected chi connectivity index (χ2v) is 4.20. The molecule has 0 saturated heterocycles. The standard InChI is InChI=1S/C17H18O/c1-2-14(12-13-18)16-10-6-7-11-17(16)15-8-4-3-5-9-15/h2-11,18H,12-13H2,1H3/b14-2+. The van der Waals surface area contributed by atoms with Crippen LogP contribution in [0.2, 0.25) is 0 Å². The molecule has 0 spiro atoms. The predicted molar refractivity (Wildman–Crippen MR) is 77.2 cm³/mol. The van der Waals surface area contributed by atoms with Gasteiger partial charge in [-0.1, -0.05) is 60.7 Å². The quantitative estimate of drug-likeness (QED) is 0.848. The fourth-order valence-electron chi connectivity index (χ4n) is 2.19. The maximum absolute atomic E-state index is 9.15. The Labute approximate surface area is 108 Å². The molecule has 1 N–H and O–H groups in total. The van der Waals surface area contributed by atoms with Crippen LogP contribution in [0.25, 0.3) is 16.7 Å². The average molecular weight is 238 g/mol. The van der Waals surface area contributed by atoms with E-state index in [4.69, 9.17) is 5.11 Å². The Morgan fingerprint density at radius 3 is 2.33 bits per heavy atom. The molecule has 1 nitrogen and oxygen atoms in total. The summed E-state index contributed by atoms with van der Waals surface area (Å²) in [6, 6.07) is 18.7. The van der Waals surface area contributed by atoms with E-state index in [2.05, 4.69) is 36.4 Å². The Kier molecular flexibility index (Phi) is 4.32. The van der Waals surface area contributed by atoms with Crippen molar-refractivity contribution in [2.45, 2.75) is 13.3 Å². The van der Waals surface area contributed by atoms with Gasteiger partial charge >= 0.3 is 0 Å². The second kappa shape index (κ2) is 6.18. The summed E-state index contributed by atoms with van der Waals surface area (Å²) in [6.45, 7) is 2.20. The van der Waals surface area contributed by atoms with Crippen LogP contribution < -0.4 is 0 Å². The van der Waals surface area contributed by atoms with Crippen LogP contribution in [0.4, 0.5) is 0 Å². The number of hydrogen-bond donors (Lipinski definition) is 1. The monoisotopic (exact) mass is 238 g/mol. The van der Waals surface area contributed by atoms with Gasteiger partial charge in [-0.2, -0.15) is 0 Å². The van der Waals surface area contributed by atoms with Gasteiger partial charge in [0.05, 0.1) is 0 Å². The molecule has 1 heteroatoms. The molecule has 0 atom stereocenters. The molecule has 0 heterocycles. The van der Waals surface area contributed by atoms with Crippen molar-refractivity contribution in [2.75, 3.05) is 6.61 Å². The summed E-state index contributed by atoms with van der Waals surface area (Å²) in [4.78, 5) is 0. The summed E-state index contributed by atoms with van der Waals surface area (Å²) < 4.78 is 0. The fraction of sp³-hybridized carbons (Fsp3) is 0.176. The maximum Gasteiger partial charge on any atom is 0.0471 e. The Balaban J connectivity index is 2.50. The molecule has 92 valence electrons. The van der Waals surface area contributed by atoms with Gasteiger partial charge in [-0.15, -0.1) is 0 Å². The summed E-state index contributed by atoms with van der Waals surface area (Å²) in [7, 11) is 0. The first-order valence-corrected chi connectivity index (χ1v) is 6.27. The van der Waals surface area contributed by atoms with Crippen molar-refractivity contribution in [3.8, 4) is 11.1 Å². The van der Waals surface area contributed by atoms with Crippen LogP contribution in [0.5, 0.6) is 0 Å². The minimum atomic E-state index is 0.183. The van der Waals surface area contributed by atoms with Crippen LogP contribution in [-0.2, 0) is 0 Å². The van der Waals surface area contributed by atoms with E-state index in [9.17, 15) is 0 Å². The molecule has 2 aromatic rings. The molecule has 18 heavy (non-hydrogen) atoms. The van der Waals surface area contributed by atoms with Crippen molar-refractivity contribution >= 4 is 5.57 Å². The van der Waals surface area contributed by atoms with Crippen molar-refractivity contribution in [3.63, 3.8) is 0 Å². The molecule has 0 aliphatic carbocycles. The molecular weight excluding hydrogens is 220 g/mol. The molecule has 0 unspecified atom stereocenters. The lowest BCUT2D eigenvalue weighted by Gasteiger charge is -2.12. The molecule has 0 aromatic heterocycles. The highest BCUT2D eigenvalue weighted by Crippen LogP contribution is 2.30. The van der Waals surface area contributed by atoms with Gasteiger partial charge in [-0.3, -0.25) is 0 Å². The van der Waals surface area contributed by atoms with E-state index in [0.717, 1.165) is 0 Å². The van der Waals surface area contributed by atoms with Gasteiger partial charge in [0.25, 0.3) is 0 Å². The highest BCUT2D eigenvalue weighted by Gasteiger charge is 2.07. The zero-order valence-corrected chi connectivity index (χ0v) is 10.6. The Hall–Kier alpha value is -1.86. The van der Waals surface area contributed by atoms with Gasteiger partial charge in [-0.25, -0.2) is 0 Å². The average Bonchev–Trinajstić information content (AvgIpc) is 2.46. The third-order valence-electron chi connectivity index (χ3n) is 3.09. The molecule has 0 aliphatic rings. The van der Waals surface area contributed by atoms with Crippen LogP contribution in [0.3, 0.4) is 0 Å². The number of aliphatic hydroxyl groups is 1. The third-order valence-corrected chi connectivity index (χ3v) is 3.09. The van der Waals surface area contributed by atoms with Gasteiger partial charge in [0.15, 0.2) is 0 Å². The number of allylic oxidation sites excluding steroid dienone is 1. The first kappa shape index (κ1) is 12.6. The molecule has 0 aliphatic heterocycles. The second-order valence-electron chi connectivity index (χ2n) is 4.20. The van der Waals surface area contributed by atoms with Crippen LogP contribution in [0.15, 0.2) is 60.7 Å². The minimum absolute atomic E-state index is 0.183. The highest BCUT2D eigenvalue weighted by atomic mass is 16.2. The van der Waals surface area contributed by atoms with E-state index >= 15 is 0 Å². The minimum Gasteiger partial charge on any atom is -0.396 e. The summed E-state index contributed by atoms with van der Waals surface area (Å²) in [5.41, 5.74) is 4.84. The van der Waals surface area contributed by atoms with E-state index in [1.54, 1.807) is 0 Å². The van der Waals surface area contributed by atoms with Crippen LogP contribution in [0.1, 0.15) is 18.9 Å². The molecule has 0 amide bonds. The topological polar surface area (TPSA) is 20.2 Å². The number of benzene rings is 2. The molecule has 2 rings (SSSR count). The van der Waals surface area contributed by atoms with Crippen molar-refractivity contribution < 1.29 is 5.11 Å². The lowest BCUT2D eigenvalue weighted by Crippen LogP contribution is -1.92. The summed E-state index contributed by atoms with van der Waals surface area (Å²) in [5.74, 6) is 0. The molecule has 0 fully saturated rings. The first-order chi connectivity index (χ1) is 8.86. The summed E-state index contributed by atoms with van der Waals surface area (Å²) in [5, 5.41) is 9.15. The molecule has 0 bridgehead atoms. The third kappa shape index (κ3) is 2.69. The van der Waals surface area contributed by atoms with Crippen molar-refractivity contribution in [3.05, 3.63) is 66.2 Å². The van der Waals surface area contributed by atoms with Crippen molar-refractivity contribution in [1.82, 2.24) is 0 Å². The van der Waals surface area contributed by atoms with Crippen molar-refractivity contribution in [2.24, 2.45) is 0 Å². The molecule has 2 aromatic carbocycles. The molecule has 0 radical (unpaired) electrons. The first-order valence-electron chi connectivity index (χ1n) is 6.27. The van der Waals surface area contributed by atoms with Crippen molar-refractivity contribution in [1.29, 1.82) is 0 Å². The van der Waals surface area contributed by atoms with E-state index in [0.29, 0.717) is 6.42 Å². The number of aliphatic hydroxyl groups excluding tert-OH is 1. The van der Waals surface area contributed by atoms with Gasteiger partial charge < -0.3 is 5.11 Å². The van der Waals surface area contributed by atoms with E-state index in [-0.39, 0.29) is 6.61 Å². The van der Waals surface area contributed by atoms with Crippen LogP contribution in [-0.4, -0.2) is 11.7 Å². The lowest BCUT2D eigenvalue weighted by atomic mass is 9.93. The zero-order chi connectivity index (χ0) is 12.8. The van der Waals surface area contributed by atoms with Gasteiger partial charge in [0.1, 0.15) is 0 Å². The zero-order valence-electron chi connectivity index (χ0n) is 10.6. The van der Waals surface area contributed by atoms with Gasteiger partial charge in [0.2, 0.25) is 0 Å². The predicted octanol–water partition coefficient (Wildman–Crippen LogP) is 4.14. The molecular formula is C17H18O. The number of hydrogen-bond acceptors (Lipinski definition) is 1. The number of rotatable bonds is 4. The largest absolute Gasteiger partial charge is 0.396 e. The molecule has 0 saturated carbocycles. The van der Waals surface area contributed by atoms with Crippen LogP contribution in [0, 0.1) is 0 Å². The van der Waals surface area contributed by atoms with Gasteiger partial charge in [-0.05, 0) is 35.6 Å². The summed E-state index contributed by atoms with van der Waals surface area (Å²) in [6.07, 6.45) is 2.78. The Morgan fingerprint density at radius 2 is 1.67 bits per heavy atom. The van der Waals surface area contributed by atoms with Crippen LogP contribution >= 0.6 is 0 Å². The highest BCUT2D eigenvalue weighted by molar-refractivity contribution is 5.81. The normalized spacial score (nSPS) is 11.6. The van der Waals surface area contributed by atoms with E-state index < -0.39 is 0 Å². The van der Waals surface area contributed by atoms with Gasteiger partial charge in [0, 0.05) is 6.61 Å². The van der Waals surface area contributed by atoms with E-state index in [1.165, 1.54) is 22.3 Å². The smallest absolute Gasteiger partial charge is 0.0471 e. The SMILES string of the molecule is C/C=C(\CCO)c1ccccc1-c1ccccc1. The summed E-state index contributed by atoms with van der Waals surface area (Å²) >= 11 is 0. The maximum atomic E-state index is 9.15. The lowest BCUT2D eigenvalue weighted by molar-refractivity contribution is 0.305. The Morgan fingerprint density at radius 1 is 1.00 bits per heavy atom. The Bertz CT molecular complexity index is 526.